The van der Waals surface area contributed by atoms with Gasteiger partial charge in [0.25, 0.3) is 0 Å². The van der Waals surface area contributed by atoms with Crippen molar-refractivity contribution < 1.29 is 5.11 Å². The SMILES string of the molecule is CC(C)CCNC(N)=NCC1(O)CCc2ccccc21.I. The molecule has 4 nitrogen and oxygen atoms in total. The van der Waals surface area contributed by atoms with Crippen LogP contribution in [0, 0.1) is 5.92 Å². The van der Waals surface area contributed by atoms with E-state index in [0.29, 0.717) is 18.4 Å². The number of aliphatic imine (C=N–C) groups is 1. The van der Waals surface area contributed by atoms with E-state index < -0.39 is 5.60 Å². The molecule has 0 bridgehead atoms. The van der Waals surface area contributed by atoms with Gasteiger partial charge in [-0.25, -0.2) is 0 Å². The first-order valence-corrected chi connectivity index (χ1v) is 7.36. The predicted octanol–water partition coefficient (Wildman–Crippen LogP) is 2.39. The number of nitrogens with zero attached hydrogens (tertiary/aromatic N) is 1. The molecule has 0 aliphatic heterocycles. The minimum Gasteiger partial charge on any atom is -0.383 e. The molecule has 0 radical (unpaired) electrons. The molecule has 0 spiro atoms. The van der Waals surface area contributed by atoms with Crippen molar-refractivity contribution in [3.63, 3.8) is 0 Å². The first kappa shape index (κ1) is 18.2. The summed E-state index contributed by atoms with van der Waals surface area (Å²) < 4.78 is 0. The molecular formula is C16H26IN3O. The molecule has 0 fully saturated rings. The molecule has 1 aromatic carbocycles. The molecular weight excluding hydrogens is 377 g/mol. The first-order chi connectivity index (χ1) is 9.51. The number of aliphatic hydroxyl groups is 1. The lowest BCUT2D eigenvalue weighted by Gasteiger charge is -2.22. The van der Waals surface area contributed by atoms with E-state index in [4.69, 9.17) is 5.73 Å². The second-order valence-electron chi connectivity index (χ2n) is 6.00. The molecule has 0 heterocycles. The summed E-state index contributed by atoms with van der Waals surface area (Å²) in [6.07, 6.45) is 2.68. The standard InChI is InChI=1S/C16H25N3O.HI/c1-12(2)8-10-18-15(17)19-11-16(20)9-7-13-5-3-4-6-14(13)16;/h3-6,12,20H,7-11H2,1-2H3,(H3,17,18,19);1H. The smallest absolute Gasteiger partial charge is 0.188 e. The molecule has 1 aromatic rings. The van der Waals surface area contributed by atoms with E-state index >= 15 is 0 Å². The molecule has 1 unspecified atom stereocenters. The van der Waals surface area contributed by atoms with Crippen molar-refractivity contribution in [1.29, 1.82) is 0 Å². The predicted molar refractivity (Wildman–Crippen MR) is 98.0 cm³/mol. The van der Waals surface area contributed by atoms with E-state index in [1.807, 2.05) is 18.2 Å². The van der Waals surface area contributed by atoms with Gasteiger partial charge in [0.15, 0.2) is 5.96 Å². The van der Waals surface area contributed by atoms with Crippen LogP contribution in [0.3, 0.4) is 0 Å². The Hall–Kier alpha value is -0.820. The number of nitrogens with two attached hydrogens (primary N) is 1. The Bertz CT molecular complexity index is 490. The van der Waals surface area contributed by atoms with E-state index in [-0.39, 0.29) is 24.0 Å². The number of guanidine groups is 1. The summed E-state index contributed by atoms with van der Waals surface area (Å²) >= 11 is 0. The number of rotatable bonds is 5. The van der Waals surface area contributed by atoms with Gasteiger partial charge in [-0.05, 0) is 36.3 Å². The van der Waals surface area contributed by atoms with E-state index in [9.17, 15) is 5.11 Å². The highest BCUT2D eigenvalue weighted by atomic mass is 127. The topological polar surface area (TPSA) is 70.6 Å². The van der Waals surface area contributed by atoms with Crippen LogP contribution in [-0.2, 0) is 12.0 Å². The van der Waals surface area contributed by atoms with Gasteiger partial charge in [-0.2, -0.15) is 0 Å². The number of aryl methyl sites for hydroxylation is 1. The van der Waals surface area contributed by atoms with E-state index in [1.165, 1.54) is 5.56 Å². The molecule has 4 N–H and O–H groups in total. The molecule has 1 aliphatic carbocycles. The highest BCUT2D eigenvalue weighted by molar-refractivity contribution is 14.0. The van der Waals surface area contributed by atoms with E-state index in [1.54, 1.807) is 0 Å². The molecule has 2 rings (SSSR count). The van der Waals surface area contributed by atoms with Crippen LogP contribution in [0.25, 0.3) is 0 Å². The first-order valence-electron chi connectivity index (χ1n) is 7.36. The lowest BCUT2D eigenvalue weighted by atomic mass is 9.96. The van der Waals surface area contributed by atoms with E-state index in [2.05, 4.69) is 30.2 Å². The number of halogens is 1. The zero-order valence-electron chi connectivity index (χ0n) is 12.8. The average Bonchev–Trinajstić information content (AvgIpc) is 2.75. The maximum atomic E-state index is 10.7. The van der Waals surface area contributed by atoms with Crippen molar-refractivity contribution in [2.24, 2.45) is 16.6 Å². The highest BCUT2D eigenvalue weighted by Gasteiger charge is 2.36. The Morgan fingerprint density at radius 1 is 1.43 bits per heavy atom. The van der Waals surface area contributed by atoms with Crippen molar-refractivity contribution in [1.82, 2.24) is 5.32 Å². The van der Waals surface area contributed by atoms with Crippen molar-refractivity contribution in [3.8, 4) is 0 Å². The van der Waals surface area contributed by atoms with Crippen LogP contribution < -0.4 is 11.1 Å². The van der Waals surface area contributed by atoms with Crippen LogP contribution in [0.2, 0.25) is 0 Å². The maximum absolute atomic E-state index is 10.7. The summed E-state index contributed by atoms with van der Waals surface area (Å²) in [7, 11) is 0. The lowest BCUT2D eigenvalue weighted by molar-refractivity contribution is 0.0486. The van der Waals surface area contributed by atoms with Crippen LogP contribution in [0.5, 0.6) is 0 Å². The summed E-state index contributed by atoms with van der Waals surface area (Å²) in [4.78, 5) is 4.31. The molecule has 0 aromatic heterocycles. The summed E-state index contributed by atoms with van der Waals surface area (Å²) in [5.74, 6) is 1.06. The fraction of sp³-hybridized carbons (Fsp3) is 0.562. The Balaban J connectivity index is 0.00000220. The van der Waals surface area contributed by atoms with Crippen LogP contribution in [-0.4, -0.2) is 24.2 Å². The van der Waals surface area contributed by atoms with Crippen molar-refractivity contribution in [3.05, 3.63) is 35.4 Å². The third-order valence-electron chi connectivity index (χ3n) is 3.87. The van der Waals surface area contributed by atoms with Crippen LogP contribution in [0.4, 0.5) is 0 Å². The van der Waals surface area contributed by atoms with Gasteiger partial charge >= 0.3 is 0 Å². The zero-order valence-corrected chi connectivity index (χ0v) is 15.1. The largest absolute Gasteiger partial charge is 0.383 e. The molecule has 1 aliphatic rings. The van der Waals surface area contributed by atoms with Gasteiger partial charge in [-0.3, -0.25) is 4.99 Å². The summed E-state index contributed by atoms with van der Waals surface area (Å²) in [5, 5.41) is 13.8. The van der Waals surface area contributed by atoms with Gasteiger partial charge in [0.05, 0.1) is 6.54 Å². The number of hydrogen-bond donors (Lipinski definition) is 3. The Morgan fingerprint density at radius 2 is 2.14 bits per heavy atom. The Kier molecular flexibility index (Phi) is 6.93. The third-order valence-corrected chi connectivity index (χ3v) is 3.87. The molecule has 21 heavy (non-hydrogen) atoms. The minimum atomic E-state index is -0.860. The van der Waals surface area contributed by atoms with Gasteiger partial charge in [-0.1, -0.05) is 38.1 Å². The summed E-state index contributed by atoms with van der Waals surface area (Å²) in [6.45, 7) is 5.49. The van der Waals surface area contributed by atoms with Crippen molar-refractivity contribution in [2.45, 2.75) is 38.7 Å². The monoisotopic (exact) mass is 403 g/mol. The summed E-state index contributed by atoms with van der Waals surface area (Å²) in [6, 6.07) is 8.03. The van der Waals surface area contributed by atoms with Gasteiger partial charge in [0.1, 0.15) is 5.60 Å². The Labute approximate surface area is 144 Å². The molecule has 118 valence electrons. The quantitative estimate of drug-likeness (QED) is 0.402. The van der Waals surface area contributed by atoms with Gasteiger partial charge < -0.3 is 16.2 Å². The Morgan fingerprint density at radius 3 is 2.86 bits per heavy atom. The molecule has 0 saturated heterocycles. The molecule has 5 heteroatoms. The zero-order chi connectivity index (χ0) is 14.6. The van der Waals surface area contributed by atoms with Gasteiger partial charge in [-0.15, -0.1) is 24.0 Å². The third kappa shape index (κ3) is 4.85. The summed E-state index contributed by atoms with van der Waals surface area (Å²) in [5.41, 5.74) is 7.20. The van der Waals surface area contributed by atoms with Crippen LogP contribution >= 0.6 is 24.0 Å². The lowest BCUT2D eigenvalue weighted by Crippen LogP contribution is -2.35. The van der Waals surface area contributed by atoms with Gasteiger partial charge in [0.2, 0.25) is 0 Å². The van der Waals surface area contributed by atoms with Crippen molar-refractivity contribution in [2.75, 3.05) is 13.1 Å². The van der Waals surface area contributed by atoms with Crippen LogP contribution in [0.1, 0.15) is 37.8 Å². The number of fused-ring (bicyclic) bond motifs is 1. The maximum Gasteiger partial charge on any atom is 0.188 e. The molecule has 0 amide bonds. The van der Waals surface area contributed by atoms with Gasteiger partial charge in [0, 0.05) is 6.54 Å². The van der Waals surface area contributed by atoms with E-state index in [0.717, 1.165) is 31.4 Å². The second kappa shape index (κ2) is 7.98. The fourth-order valence-electron chi connectivity index (χ4n) is 2.59. The highest BCUT2D eigenvalue weighted by Crippen LogP contribution is 2.36. The van der Waals surface area contributed by atoms with Crippen LogP contribution in [0.15, 0.2) is 29.3 Å². The number of nitrogens with one attached hydrogen (secondary N) is 1. The molecule has 0 saturated carbocycles. The minimum absolute atomic E-state index is 0. The molecule has 1 atom stereocenters. The fourth-order valence-corrected chi connectivity index (χ4v) is 2.59. The van der Waals surface area contributed by atoms with Crippen molar-refractivity contribution >= 4 is 29.9 Å². The number of hydrogen-bond acceptors (Lipinski definition) is 2. The number of benzene rings is 1. The second-order valence-corrected chi connectivity index (χ2v) is 6.00. The average molecular weight is 403 g/mol. The normalized spacial score (nSPS) is 21.0.